The van der Waals surface area contributed by atoms with Crippen molar-refractivity contribution in [2.45, 2.75) is 17.7 Å². The van der Waals surface area contributed by atoms with E-state index in [1.54, 1.807) is 18.2 Å². The highest BCUT2D eigenvalue weighted by Crippen LogP contribution is 2.30. The van der Waals surface area contributed by atoms with Gasteiger partial charge in [0.2, 0.25) is 5.91 Å². The first-order valence-corrected chi connectivity index (χ1v) is 10.6. The number of halogens is 2. The molecule has 146 valence electrons. The molecule has 28 heavy (non-hydrogen) atoms. The molecular formula is C19H17ClFN3O3S. The maximum absolute atomic E-state index is 14.0. The SMILES string of the molecule is O=C(Nc1ccc(Cl)cc1F)[C@H]1CCCN(C2=NS(=O)(=O)c3ccccc32)C1. The average molecular weight is 422 g/mol. The Bertz CT molecular complexity index is 1090. The van der Waals surface area contributed by atoms with Crippen molar-refractivity contribution in [3.05, 3.63) is 58.9 Å². The smallest absolute Gasteiger partial charge is 0.285 e. The zero-order chi connectivity index (χ0) is 19.9. The number of piperidine rings is 1. The third-order valence-electron chi connectivity index (χ3n) is 4.89. The second kappa shape index (κ2) is 7.18. The first-order valence-electron chi connectivity index (χ1n) is 8.80. The normalized spacial score (nSPS) is 20.4. The molecule has 2 aromatic rings. The number of sulfonamides is 1. The molecule has 0 unspecified atom stereocenters. The van der Waals surface area contributed by atoms with Crippen molar-refractivity contribution in [3.8, 4) is 0 Å². The van der Waals surface area contributed by atoms with E-state index in [1.807, 2.05) is 4.90 Å². The van der Waals surface area contributed by atoms with E-state index in [9.17, 15) is 17.6 Å². The minimum absolute atomic E-state index is 0.0673. The molecule has 0 radical (unpaired) electrons. The predicted molar refractivity (Wildman–Crippen MR) is 105 cm³/mol. The van der Waals surface area contributed by atoms with Crippen LogP contribution in [0.3, 0.4) is 0 Å². The zero-order valence-corrected chi connectivity index (χ0v) is 16.3. The molecule has 0 spiro atoms. The van der Waals surface area contributed by atoms with Crippen LogP contribution in [-0.4, -0.2) is 38.2 Å². The van der Waals surface area contributed by atoms with Gasteiger partial charge in [-0.15, -0.1) is 4.40 Å². The summed E-state index contributed by atoms with van der Waals surface area (Å²) in [4.78, 5) is 14.6. The minimum atomic E-state index is -3.72. The highest BCUT2D eigenvalue weighted by Gasteiger charge is 2.35. The van der Waals surface area contributed by atoms with Crippen LogP contribution >= 0.6 is 11.6 Å². The van der Waals surface area contributed by atoms with Crippen LogP contribution in [-0.2, 0) is 14.8 Å². The molecular weight excluding hydrogens is 405 g/mol. The number of nitrogens with one attached hydrogen (secondary N) is 1. The van der Waals surface area contributed by atoms with Crippen molar-refractivity contribution in [1.82, 2.24) is 4.90 Å². The molecule has 2 aliphatic heterocycles. The van der Waals surface area contributed by atoms with E-state index in [4.69, 9.17) is 11.6 Å². The van der Waals surface area contributed by atoms with Gasteiger partial charge in [-0.2, -0.15) is 8.42 Å². The van der Waals surface area contributed by atoms with Crippen molar-refractivity contribution >= 4 is 39.1 Å². The molecule has 1 fully saturated rings. The molecule has 1 atom stereocenters. The lowest BCUT2D eigenvalue weighted by molar-refractivity contribution is -0.121. The number of amidine groups is 1. The third kappa shape index (κ3) is 3.49. The molecule has 4 rings (SSSR count). The highest BCUT2D eigenvalue weighted by atomic mass is 35.5. The van der Waals surface area contributed by atoms with Crippen LogP contribution in [0.4, 0.5) is 10.1 Å². The monoisotopic (exact) mass is 421 g/mol. The molecule has 9 heteroatoms. The number of amides is 1. The maximum atomic E-state index is 14.0. The standard InChI is InChI=1S/C19H17ClFN3O3S/c20-13-7-8-16(15(21)10-13)22-19(25)12-4-3-9-24(11-12)18-14-5-1-2-6-17(14)28(26,27)23-18/h1-2,5-8,10,12H,3-4,9,11H2,(H,22,25)/t12-/m0/s1. The van der Waals surface area contributed by atoms with Crippen LogP contribution in [0.2, 0.25) is 5.02 Å². The Morgan fingerprint density at radius 3 is 2.82 bits per heavy atom. The first-order chi connectivity index (χ1) is 13.3. The Morgan fingerprint density at radius 2 is 2.04 bits per heavy atom. The van der Waals surface area contributed by atoms with Crippen molar-refractivity contribution < 1.29 is 17.6 Å². The molecule has 2 aromatic carbocycles. The van der Waals surface area contributed by atoms with Gasteiger partial charge in [0.05, 0.1) is 11.6 Å². The molecule has 1 saturated heterocycles. The van der Waals surface area contributed by atoms with Gasteiger partial charge in [0, 0.05) is 23.7 Å². The van der Waals surface area contributed by atoms with E-state index in [1.165, 1.54) is 18.2 Å². The number of carbonyl (C=O) groups excluding carboxylic acids is 1. The van der Waals surface area contributed by atoms with Gasteiger partial charge in [0.15, 0.2) is 5.84 Å². The van der Waals surface area contributed by atoms with E-state index in [2.05, 4.69) is 9.71 Å². The van der Waals surface area contributed by atoms with Gasteiger partial charge >= 0.3 is 0 Å². The molecule has 0 bridgehead atoms. The van der Waals surface area contributed by atoms with Gasteiger partial charge in [-0.25, -0.2) is 4.39 Å². The molecule has 1 amide bonds. The topological polar surface area (TPSA) is 78.8 Å². The Balaban J connectivity index is 1.53. The maximum Gasteiger partial charge on any atom is 0.285 e. The summed E-state index contributed by atoms with van der Waals surface area (Å²) in [5, 5.41) is 2.84. The number of hydrogen-bond acceptors (Lipinski definition) is 4. The van der Waals surface area contributed by atoms with E-state index >= 15 is 0 Å². The minimum Gasteiger partial charge on any atom is -0.355 e. The highest BCUT2D eigenvalue weighted by molar-refractivity contribution is 7.90. The summed E-state index contributed by atoms with van der Waals surface area (Å²) in [6.07, 6.45) is 1.32. The Kier molecular flexibility index (Phi) is 4.84. The molecule has 0 aliphatic carbocycles. The molecule has 6 nitrogen and oxygen atoms in total. The van der Waals surface area contributed by atoms with Gasteiger partial charge in [-0.1, -0.05) is 23.7 Å². The fourth-order valence-electron chi connectivity index (χ4n) is 3.53. The second-order valence-corrected chi connectivity index (χ2v) is 8.79. The number of fused-ring (bicyclic) bond motifs is 1. The lowest BCUT2D eigenvalue weighted by atomic mass is 9.96. The summed E-state index contributed by atoms with van der Waals surface area (Å²) >= 11 is 5.74. The fourth-order valence-corrected chi connectivity index (χ4v) is 4.91. The van der Waals surface area contributed by atoms with Crippen molar-refractivity contribution in [2.24, 2.45) is 10.3 Å². The number of benzene rings is 2. The van der Waals surface area contributed by atoms with Gasteiger partial charge in [0.25, 0.3) is 10.0 Å². The lowest BCUT2D eigenvalue weighted by Crippen LogP contribution is -2.43. The number of likely N-dealkylation sites (tertiary alicyclic amines) is 1. The fraction of sp³-hybridized carbons (Fsp3) is 0.263. The number of nitrogens with zero attached hydrogens (tertiary/aromatic N) is 2. The zero-order valence-electron chi connectivity index (χ0n) is 14.7. The predicted octanol–water partition coefficient (Wildman–Crippen LogP) is 3.28. The number of hydrogen-bond donors (Lipinski definition) is 1. The molecule has 1 N–H and O–H groups in total. The van der Waals surface area contributed by atoms with E-state index < -0.39 is 21.8 Å². The lowest BCUT2D eigenvalue weighted by Gasteiger charge is -2.33. The third-order valence-corrected chi connectivity index (χ3v) is 6.45. The summed E-state index contributed by atoms with van der Waals surface area (Å²) in [6, 6.07) is 10.7. The van der Waals surface area contributed by atoms with E-state index in [0.29, 0.717) is 37.3 Å². The van der Waals surface area contributed by atoms with Crippen molar-refractivity contribution in [2.75, 3.05) is 18.4 Å². The van der Waals surface area contributed by atoms with E-state index in [0.717, 1.165) is 6.07 Å². The Hall–Kier alpha value is -2.45. The van der Waals surface area contributed by atoms with E-state index in [-0.39, 0.29) is 21.5 Å². The van der Waals surface area contributed by atoms with Crippen LogP contribution in [0.25, 0.3) is 0 Å². The summed E-state index contributed by atoms with van der Waals surface area (Å²) in [6.45, 7) is 0.908. The van der Waals surface area contributed by atoms with Gasteiger partial charge in [0.1, 0.15) is 10.7 Å². The molecule has 2 aliphatic rings. The van der Waals surface area contributed by atoms with Crippen LogP contribution in [0.15, 0.2) is 51.8 Å². The van der Waals surface area contributed by atoms with Crippen molar-refractivity contribution in [1.29, 1.82) is 0 Å². The summed E-state index contributed by atoms with van der Waals surface area (Å²) < 4.78 is 42.4. The Morgan fingerprint density at radius 1 is 1.25 bits per heavy atom. The van der Waals surface area contributed by atoms with Gasteiger partial charge in [-0.3, -0.25) is 4.79 Å². The first kappa shape index (κ1) is 18.9. The quantitative estimate of drug-likeness (QED) is 0.807. The number of rotatable bonds is 2. The summed E-state index contributed by atoms with van der Waals surface area (Å²) in [5.41, 5.74) is 0.616. The van der Waals surface area contributed by atoms with Crippen molar-refractivity contribution in [3.63, 3.8) is 0 Å². The van der Waals surface area contributed by atoms with Crippen LogP contribution in [0.5, 0.6) is 0 Å². The van der Waals surface area contributed by atoms with Gasteiger partial charge in [-0.05, 0) is 43.2 Å². The van der Waals surface area contributed by atoms with Gasteiger partial charge < -0.3 is 10.2 Å². The largest absolute Gasteiger partial charge is 0.355 e. The molecule has 2 heterocycles. The number of carbonyl (C=O) groups is 1. The van der Waals surface area contributed by atoms with Crippen LogP contribution < -0.4 is 5.32 Å². The average Bonchev–Trinajstić information content (AvgIpc) is 2.96. The Labute approximate surface area is 167 Å². The number of anilines is 1. The molecule has 0 aromatic heterocycles. The summed E-state index contributed by atoms with van der Waals surface area (Å²) in [7, 11) is -3.72. The summed E-state index contributed by atoms with van der Waals surface area (Å²) in [5.74, 6) is -0.970. The van der Waals surface area contributed by atoms with Crippen LogP contribution in [0, 0.1) is 11.7 Å². The van der Waals surface area contributed by atoms with Crippen LogP contribution in [0.1, 0.15) is 18.4 Å². The second-order valence-electron chi connectivity index (χ2n) is 6.78. The molecule has 0 saturated carbocycles.